The van der Waals surface area contributed by atoms with Crippen molar-refractivity contribution in [2.45, 2.75) is 32.7 Å². The van der Waals surface area contributed by atoms with Gasteiger partial charge >= 0.3 is 0 Å². The molecule has 70 valence electrons. The largest absolute Gasteiger partial charge is 0.356 e. The van der Waals surface area contributed by atoms with Gasteiger partial charge in [0.15, 0.2) is 0 Å². The fourth-order valence-corrected chi connectivity index (χ4v) is 1.73. The Bertz CT molecular complexity index is 159. The van der Waals surface area contributed by atoms with Crippen LogP contribution in [0.1, 0.15) is 26.7 Å². The van der Waals surface area contributed by atoms with Crippen LogP contribution in [-0.4, -0.2) is 25.0 Å². The van der Waals surface area contributed by atoms with Gasteiger partial charge in [-0.1, -0.05) is 6.92 Å². The van der Waals surface area contributed by atoms with Crippen molar-refractivity contribution in [3.05, 3.63) is 0 Å². The number of nitrogens with one attached hydrogen (secondary N) is 2. The molecule has 0 aromatic rings. The molecule has 2 unspecified atom stereocenters. The van der Waals surface area contributed by atoms with Crippen molar-refractivity contribution in [1.82, 2.24) is 10.6 Å². The minimum atomic E-state index is 0.236. The number of hydrogen-bond donors (Lipinski definition) is 2. The molecule has 0 aliphatic carbocycles. The molecule has 0 radical (unpaired) electrons. The van der Waals surface area contributed by atoms with Gasteiger partial charge in [-0.3, -0.25) is 4.79 Å². The first-order valence-electron chi connectivity index (χ1n) is 4.75. The zero-order valence-corrected chi connectivity index (χ0v) is 7.89. The maximum Gasteiger partial charge on any atom is 0.223 e. The average Bonchev–Trinajstić information content (AvgIpc) is 2.37. The molecular formula is C9H18N2O. The second kappa shape index (κ2) is 4.45. The molecule has 0 spiro atoms. The second-order valence-electron chi connectivity index (χ2n) is 3.47. The highest BCUT2D eigenvalue weighted by atomic mass is 16.2. The van der Waals surface area contributed by atoms with Crippen molar-refractivity contribution in [2.75, 3.05) is 13.1 Å². The molecule has 0 bridgehead atoms. The van der Waals surface area contributed by atoms with Gasteiger partial charge in [0.2, 0.25) is 5.91 Å². The number of carbonyl (C=O) groups excluding carboxylic acids is 1. The third kappa shape index (κ3) is 2.48. The number of amides is 1. The zero-order valence-electron chi connectivity index (χ0n) is 7.89. The zero-order chi connectivity index (χ0) is 8.97. The first kappa shape index (κ1) is 9.52. The van der Waals surface area contributed by atoms with E-state index in [-0.39, 0.29) is 11.8 Å². The first-order valence-corrected chi connectivity index (χ1v) is 4.75. The van der Waals surface area contributed by atoms with Gasteiger partial charge in [-0.25, -0.2) is 0 Å². The quantitative estimate of drug-likeness (QED) is 0.645. The van der Waals surface area contributed by atoms with Crippen molar-refractivity contribution in [2.24, 2.45) is 5.92 Å². The van der Waals surface area contributed by atoms with Crippen molar-refractivity contribution in [3.8, 4) is 0 Å². The smallest absolute Gasteiger partial charge is 0.223 e. The van der Waals surface area contributed by atoms with Gasteiger partial charge in [0.05, 0.1) is 0 Å². The van der Waals surface area contributed by atoms with Crippen LogP contribution in [0.2, 0.25) is 0 Å². The SMILES string of the molecule is CCNC(C)CC1CCNC1=O. The Balaban J connectivity index is 2.25. The van der Waals surface area contributed by atoms with Gasteiger partial charge in [0, 0.05) is 18.5 Å². The van der Waals surface area contributed by atoms with Crippen molar-refractivity contribution in [1.29, 1.82) is 0 Å². The van der Waals surface area contributed by atoms with Crippen molar-refractivity contribution < 1.29 is 4.79 Å². The van der Waals surface area contributed by atoms with E-state index in [0.29, 0.717) is 6.04 Å². The highest BCUT2D eigenvalue weighted by molar-refractivity contribution is 5.80. The summed E-state index contributed by atoms with van der Waals surface area (Å²) in [5, 5.41) is 6.16. The fraction of sp³-hybridized carbons (Fsp3) is 0.889. The van der Waals surface area contributed by atoms with Crippen LogP contribution in [0.25, 0.3) is 0 Å². The molecule has 0 aromatic carbocycles. The van der Waals surface area contributed by atoms with Gasteiger partial charge in [0.25, 0.3) is 0 Å². The van der Waals surface area contributed by atoms with E-state index in [1.807, 2.05) is 0 Å². The predicted molar refractivity (Wildman–Crippen MR) is 48.9 cm³/mol. The molecule has 2 N–H and O–H groups in total. The van der Waals surface area contributed by atoms with Crippen molar-refractivity contribution >= 4 is 5.91 Å². The molecule has 0 saturated carbocycles. The van der Waals surface area contributed by atoms with Crippen LogP contribution in [0.4, 0.5) is 0 Å². The minimum absolute atomic E-state index is 0.236. The third-order valence-corrected chi connectivity index (χ3v) is 2.35. The molecule has 1 saturated heterocycles. The summed E-state index contributed by atoms with van der Waals surface area (Å²) >= 11 is 0. The summed E-state index contributed by atoms with van der Waals surface area (Å²) < 4.78 is 0. The summed E-state index contributed by atoms with van der Waals surface area (Å²) in [6.45, 7) is 6.07. The lowest BCUT2D eigenvalue weighted by atomic mass is 9.99. The molecule has 1 aliphatic rings. The molecule has 1 rings (SSSR count). The van der Waals surface area contributed by atoms with E-state index in [2.05, 4.69) is 24.5 Å². The molecule has 3 nitrogen and oxygen atoms in total. The Labute approximate surface area is 73.9 Å². The van der Waals surface area contributed by atoms with E-state index in [9.17, 15) is 4.79 Å². The van der Waals surface area contributed by atoms with E-state index >= 15 is 0 Å². The van der Waals surface area contributed by atoms with E-state index in [1.165, 1.54) is 0 Å². The van der Waals surface area contributed by atoms with Gasteiger partial charge in [-0.2, -0.15) is 0 Å². The summed E-state index contributed by atoms with van der Waals surface area (Å²) in [5.41, 5.74) is 0. The van der Waals surface area contributed by atoms with E-state index in [1.54, 1.807) is 0 Å². The molecule has 3 heteroatoms. The maximum atomic E-state index is 11.2. The Morgan fingerprint density at radius 2 is 2.50 bits per heavy atom. The molecule has 1 fully saturated rings. The summed E-state index contributed by atoms with van der Waals surface area (Å²) in [7, 11) is 0. The fourth-order valence-electron chi connectivity index (χ4n) is 1.73. The standard InChI is InChI=1S/C9H18N2O/c1-3-10-7(2)6-8-4-5-11-9(8)12/h7-8,10H,3-6H2,1-2H3,(H,11,12). The van der Waals surface area contributed by atoms with Crippen molar-refractivity contribution in [3.63, 3.8) is 0 Å². The normalized spacial score (nSPS) is 25.5. The Kier molecular flexibility index (Phi) is 3.53. The monoisotopic (exact) mass is 170 g/mol. The van der Waals surface area contributed by atoms with Crippen LogP contribution in [-0.2, 0) is 4.79 Å². The Hall–Kier alpha value is -0.570. The lowest BCUT2D eigenvalue weighted by molar-refractivity contribution is -0.122. The maximum absolute atomic E-state index is 11.2. The molecule has 12 heavy (non-hydrogen) atoms. The third-order valence-electron chi connectivity index (χ3n) is 2.35. The van der Waals surface area contributed by atoms with Gasteiger partial charge in [0.1, 0.15) is 0 Å². The molecular weight excluding hydrogens is 152 g/mol. The number of rotatable bonds is 4. The topological polar surface area (TPSA) is 41.1 Å². The minimum Gasteiger partial charge on any atom is -0.356 e. The first-order chi connectivity index (χ1) is 5.74. The second-order valence-corrected chi connectivity index (χ2v) is 3.47. The van der Waals surface area contributed by atoms with Gasteiger partial charge in [-0.05, 0) is 26.3 Å². The predicted octanol–water partition coefficient (Wildman–Crippen LogP) is 0.511. The highest BCUT2D eigenvalue weighted by Gasteiger charge is 2.25. The summed E-state index contributed by atoms with van der Waals surface area (Å²) in [6, 6.07) is 0.462. The Morgan fingerprint density at radius 1 is 1.75 bits per heavy atom. The molecule has 2 atom stereocenters. The molecule has 1 heterocycles. The van der Waals surface area contributed by atoms with Crippen LogP contribution >= 0.6 is 0 Å². The van der Waals surface area contributed by atoms with Crippen LogP contribution < -0.4 is 10.6 Å². The van der Waals surface area contributed by atoms with Gasteiger partial charge < -0.3 is 10.6 Å². The molecule has 1 amide bonds. The van der Waals surface area contributed by atoms with Crippen LogP contribution in [0.5, 0.6) is 0 Å². The van der Waals surface area contributed by atoms with Crippen LogP contribution in [0, 0.1) is 5.92 Å². The van der Waals surface area contributed by atoms with E-state index in [0.717, 1.165) is 25.9 Å². The summed E-state index contributed by atoms with van der Waals surface area (Å²) in [5.74, 6) is 0.485. The molecule has 0 aromatic heterocycles. The van der Waals surface area contributed by atoms with E-state index in [4.69, 9.17) is 0 Å². The Morgan fingerprint density at radius 3 is 3.00 bits per heavy atom. The highest BCUT2D eigenvalue weighted by Crippen LogP contribution is 2.15. The average molecular weight is 170 g/mol. The lowest BCUT2D eigenvalue weighted by Gasteiger charge is -2.14. The summed E-state index contributed by atoms with van der Waals surface area (Å²) in [6.07, 6.45) is 1.98. The number of hydrogen-bond acceptors (Lipinski definition) is 2. The number of carbonyl (C=O) groups is 1. The molecule has 1 aliphatic heterocycles. The van der Waals surface area contributed by atoms with Crippen LogP contribution in [0.15, 0.2) is 0 Å². The van der Waals surface area contributed by atoms with Gasteiger partial charge in [-0.15, -0.1) is 0 Å². The summed E-state index contributed by atoms with van der Waals surface area (Å²) in [4.78, 5) is 11.2. The van der Waals surface area contributed by atoms with E-state index < -0.39 is 0 Å². The lowest BCUT2D eigenvalue weighted by Crippen LogP contribution is -2.30. The van der Waals surface area contributed by atoms with Crippen LogP contribution in [0.3, 0.4) is 0 Å².